The molecule has 0 saturated carbocycles. The maximum absolute atomic E-state index is 12.0. The van der Waals surface area contributed by atoms with Gasteiger partial charge in [-0.1, -0.05) is 24.3 Å². The van der Waals surface area contributed by atoms with Crippen molar-refractivity contribution in [3.8, 4) is 11.1 Å². The van der Waals surface area contributed by atoms with Crippen LogP contribution in [0, 0.1) is 0 Å². The summed E-state index contributed by atoms with van der Waals surface area (Å²) in [6.45, 7) is 0.0478. The van der Waals surface area contributed by atoms with E-state index in [9.17, 15) is 9.90 Å². The molecular weight excluding hydrogens is 290 g/mol. The second-order valence-electron chi connectivity index (χ2n) is 5.75. The summed E-state index contributed by atoms with van der Waals surface area (Å²) in [6.07, 6.45) is 0. The minimum Gasteiger partial charge on any atom is -0.394 e. The van der Waals surface area contributed by atoms with Crippen LogP contribution in [0.3, 0.4) is 0 Å². The van der Waals surface area contributed by atoms with E-state index >= 15 is 0 Å². The smallest absolute Gasteiger partial charge is 0.328 e. The predicted octanol–water partition coefficient (Wildman–Crippen LogP) is 1.80. The van der Waals surface area contributed by atoms with Gasteiger partial charge in [0.05, 0.1) is 23.7 Å². The molecule has 2 N–H and O–H groups in total. The summed E-state index contributed by atoms with van der Waals surface area (Å²) in [4.78, 5) is 12.0. The number of aliphatic hydroxyl groups excluding tert-OH is 1. The summed E-state index contributed by atoms with van der Waals surface area (Å²) < 4.78 is 3.31. The largest absolute Gasteiger partial charge is 0.394 e. The Morgan fingerprint density at radius 1 is 1.04 bits per heavy atom. The Morgan fingerprint density at radius 2 is 1.74 bits per heavy atom. The Bertz CT molecular complexity index is 904. The molecule has 0 aliphatic rings. The number of hydrogen-bond donors (Lipinski definition) is 2. The van der Waals surface area contributed by atoms with Gasteiger partial charge in [-0.05, 0) is 41.9 Å². The number of fused-ring (bicyclic) bond motifs is 1. The Kier molecular flexibility index (Phi) is 4.07. The number of hydrogen-bond acceptors (Lipinski definition) is 3. The van der Waals surface area contributed by atoms with E-state index in [0.717, 1.165) is 27.7 Å². The van der Waals surface area contributed by atoms with E-state index in [2.05, 4.69) is 11.4 Å². The van der Waals surface area contributed by atoms with Crippen molar-refractivity contribution < 1.29 is 5.11 Å². The molecule has 1 aromatic heterocycles. The van der Waals surface area contributed by atoms with Crippen molar-refractivity contribution in [3.63, 3.8) is 0 Å². The van der Waals surface area contributed by atoms with Crippen molar-refractivity contribution in [2.45, 2.75) is 6.04 Å². The zero-order chi connectivity index (χ0) is 16.6. The number of rotatable bonds is 4. The highest BCUT2D eigenvalue weighted by molar-refractivity contribution is 5.82. The lowest BCUT2D eigenvalue weighted by Gasteiger charge is -2.14. The molecule has 5 heteroatoms. The maximum atomic E-state index is 12.0. The molecule has 0 radical (unpaired) electrons. The van der Waals surface area contributed by atoms with Crippen LogP contribution in [0.15, 0.2) is 47.3 Å². The lowest BCUT2D eigenvalue weighted by atomic mass is 9.99. The van der Waals surface area contributed by atoms with Gasteiger partial charge in [-0.25, -0.2) is 4.79 Å². The third kappa shape index (κ3) is 2.58. The van der Waals surface area contributed by atoms with E-state index in [-0.39, 0.29) is 18.3 Å². The Morgan fingerprint density at radius 3 is 2.43 bits per heavy atom. The van der Waals surface area contributed by atoms with E-state index in [1.807, 2.05) is 43.4 Å². The topological polar surface area (TPSA) is 59.2 Å². The highest BCUT2D eigenvalue weighted by atomic mass is 16.3. The molecule has 0 amide bonds. The van der Waals surface area contributed by atoms with Gasteiger partial charge in [0, 0.05) is 14.1 Å². The van der Waals surface area contributed by atoms with Crippen LogP contribution in [-0.4, -0.2) is 27.9 Å². The Labute approximate surface area is 134 Å². The third-order valence-electron chi connectivity index (χ3n) is 4.43. The molecule has 0 aliphatic heterocycles. The van der Waals surface area contributed by atoms with Crippen LogP contribution in [0.25, 0.3) is 22.2 Å². The van der Waals surface area contributed by atoms with E-state index in [0.29, 0.717) is 0 Å². The zero-order valence-corrected chi connectivity index (χ0v) is 13.6. The summed E-state index contributed by atoms with van der Waals surface area (Å²) in [6, 6.07) is 14.0. The normalized spacial score (nSPS) is 12.7. The second-order valence-corrected chi connectivity index (χ2v) is 5.75. The maximum Gasteiger partial charge on any atom is 0.328 e. The van der Waals surface area contributed by atoms with Gasteiger partial charge in [-0.15, -0.1) is 0 Å². The summed E-state index contributed by atoms with van der Waals surface area (Å²) in [5.74, 6) is 0. The van der Waals surface area contributed by atoms with E-state index in [1.165, 1.54) is 0 Å². The highest BCUT2D eigenvalue weighted by Gasteiger charge is 2.11. The minimum atomic E-state index is -0.0836. The van der Waals surface area contributed by atoms with Crippen molar-refractivity contribution in [2.75, 3.05) is 13.7 Å². The zero-order valence-electron chi connectivity index (χ0n) is 13.6. The molecule has 0 spiro atoms. The lowest BCUT2D eigenvalue weighted by Crippen LogP contribution is -2.19. The number of aromatic nitrogens is 2. The van der Waals surface area contributed by atoms with Crippen LogP contribution in [0.4, 0.5) is 0 Å². The molecule has 120 valence electrons. The second kappa shape index (κ2) is 6.02. The number of likely N-dealkylation sites (N-methyl/N-ethyl adjacent to an activating group) is 1. The first-order chi connectivity index (χ1) is 11.1. The van der Waals surface area contributed by atoms with Crippen LogP contribution < -0.4 is 11.0 Å². The molecular formula is C18H21N3O2. The molecule has 3 rings (SSSR count). The van der Waals surface area contributed by atoms with Crippen LogP contribution >= 0.6 is 0 Å². The third-order valence-corrected chi connectivity index (χ3v) is 4.43. The molecule has 5 nitrogen and oxygen atoms in total. The number of benzene rings is 2. The number of nitrogens with one attached hydrogen (secondary N) is 1. The molecule has 1 atom stereocenters. The van der Waals surface area contributed by atoms with Gasteiger partial charge in [0.1, 0.15) is 0 Å². The number of aliphatic hydroxyl groups is 1. The van der Waals surface area contributed by atoms with Crippen LogP contribution in [0.2, 0.25) is 0 Å². The van der Waals surface area contributed by atoms with E-state index in [1.54, 1.807) is 23.2 Å². The molecule has 0 fully saturated rings. The summed E-state index contributed by atoms with van der Waals surface area (Å²) in [5.41, 5.74) is 4.95. The van der Waals surface area contributed by atoms with Gasteiger partial charge < -0.3 is 10.4 Å². The average Bonchev–Trinajstić information content (AvgIpc) is 2.80. The summed E-state index contributed by atoms with van der Waals surface area (Å²) in [5, 5.41) is 12.5. The quantitative estimate of drug-likeness (QED) is 0.772. The first kappa shape index (κ1) is 15.5. The fraction of sp³-hybridized carbons (Fsp3) is 0.278. The monoisotopic (exact) mass is 311 g/mol. The average molecular weight is 311 g/mol. The lowest BCUT2D eigenvalue weighted by molar-refractivity contribution is 0.251. The van der Waals surface area contributed by atoms with E-state index < -0.39 is 0 Å². The van der Waals surface area contributed by atoms with Crippen molar-refractivity contribution in [1.82, 2.24) is 14.5 Å². The Hall–Kier alpha value is -2.37. The molecule has 0 bridgehead atoms. The fourth-order valence-electron chi connectivity index (χ4n) is 2.98. The van der Waals surface area contributed by atoms with Gasteiger partial charge in [-0.2, -0.15) is 0 Å². The van der Waals surface area contributed by atoms with Gasteiger partial charge in [0.15, 0.2) is 0 Å². The predicted molar refractivity (Wildman–Crippen MR) is 92.5 cm³/mol. The molecule has 2 aromatic carbocycles. The number of nitrogens with zero attached hydrogens (tertiary/aromatic N) is 2. The number of imidazole rings is 1. The van der Waals surface area contributed by atoms with Gasteiger partial charge in [0.25, 0.3) is 0 Å². The fourth-order valence-corrected chi connectivity index (χ4v) is 2.98. The first-order valence-electron chi connectivity index (χ1n) is 7.60. The van der Waals surface area contributed by atoms with Crippen molar-refractivity contribution in [2.24, 2.45) is 14.1 Å². The molecule has 1 unspecified atom stereocenters. The standard InChI is InChI=1S/C18H21N3O2/c1-19-15(11-22)14-6-4-5-12(9-14)13-7-8-16-17(10-13)21(3)18(23)20(16)2/h4-10,15,19,22H,11H2,1-3H3. The summed E-state index contributed by atoms with van der Waals surface area (Å²) in [7, 11) is 5.40. The van der Waals surface area contributed by atoms with Crippen LogP contribution in [0.5, 0.6) is 0 Å². The van der Waals surface area contributed by atoms with Crippen molar-refractivity contribution in [3.05, 3.63) is 58.5 Å². The number of aryl methyl sites for hydroxylation is 2. The van der Waals surface area contributed by atoms with E-state index in [4.69, 9.17) is 0 Å². The van der Waals surface area contributed by atoms with Crippen LogP contribution in [-0.2, 0) is 14.1 Å². The van der Waals surface area contributed by atoms with Crippen molar-refractivity contribution in [1.29, 1.82) is 0 Å². The summed E-state index contributed by atoms with van der Waals surface area (Å²) >= 11 is 0. The molecule has 3 aromatic rings. The SMILES string of the molecule is CNC(CO)c1cccc(-c2ccc3c(c2)n(C)c(=O)n3C)c1. The van der Waals surface area contributed by atoms with Crippen molar-refractivity contribution >= 4 is 11.0 Å². The molecule has 0 saturated heterocycles. The molecule has 0 aliphatic carbocycles. The highest BCUT2D eigenvalue weighted by Crippen LogP contribution is 2.26. The Balaban J connectivity index is 2.12. The van der Waals surface area contributed by atoms with Crippen LogP contribution in [0.1, 0.15) is 11.6 Å². The van der Waals surface area contributed by atoms with Gasteiger partial charge in [0.2, 0.25) is 0 Å². The van der Waals surface area contributed by atoms with Gasteiger partial charge in [-0.3, -0.25) is 9.13 Å². The minimum absolute atomic E-state index is 0.0265. The molecule has 1 heterocycles. The van der Waals surface area contributed by atoms with Gasteiger partial charge >= 0.3 is 5.69 Å². The molecule has 23 heavy (non-hydrogen) atoms. The first-order valence-corrected chi connectivity index (χ1v) is 7.60.